The van der Waals surface area contributed by atoms with Crippen LogP contribution in [0.2, 0.25) is 0 Å². The third-order valence-corrected chi connectivity index (χ3v) is 3.93. The Morgan fingerprint density at radius 3 is 2.45 bits per heavy atom. The summed E-state index contributed by atoms with van der Waals surface area (Å²) in [5.41, 5.74) is 5.23. The van der Waals surface area contributed by atoms with Gasteiger partial charge in [0.2, 0.25) is 5.91 Å². The first-order valence-electron chi connectivity index (χ1n) is 7.30. The van der Waals surface area contributed by atoms with Crippen LogP contribution in [0.25, 0.3) is 0 Å². The molecule has 0 saturated heterocycles. The molecule has 1 amide bonds. The number of ketones is 1. The second-order valence-corrected chi connectivity index (χ2v) is 5.56. The summed E-state index contributed by atoms with van der Waals surface area (Å²) in [7, 11) is 0. The van der Waals surface area contributed by atoms with Crippen molar-refractivity contribution in [3.63, 3.8) is 0 Å². The number of hydrogen-bond donors (Lipinski definition) is 2. The van der Waals surface area contributed by atoms with Crippen molar-refractivity contribution >= 4 is 28.8 Å². The summed E-state index contributed by atoms with van der Waals surface area (Å²) in [6, 6.07) is 2.81. The molecule has 0 aliphatic heterocycles. The Morgan fingerprint density at radius 2 is 1.91 bits per heavy atom. The number of nitrogens with one attached hydrogen (secondary N) is 1. The predicted molar refractivity (Wildman–Crippen MR) is 82.7 cm³/mol. The number of carbonyl (C=O) groups is 2. The second-order valence-electron chi connectivity index (χ2n) is 5.56. The lowest BCUT2D eigenvalue weighted by Crippen LogP contribution is -2.21. The number of nitro benzene ring substituents is 1. The minimum atomic E-state index is -0.668. The molecular formula is C15H19N3O4. The molecule has 0 atom stereocenters. The molecule has 0 heterocycles. The fourth-order valence-electron chi connectivity index (χ4n) is 2.90. The van der Waals surface area contributed by atoms with Gasteiger partial charge in [-0.05, 0) is 25.0 Å². The first-order valence-corrected chi connectivity index (χ1v) is 7.30. The molecule has 118 valence electrons. The number of Topliss-reactive ketones (excluding diaryl/α,β-unsaturated/α-hetero) is 1. The van der Waals surface area contributed by atoms with Gasteiger partial charge in [-0.3, -0.25) is 19.7 Å². The molecule has 0 aromatic heterocycles. The first-order chi connectivity index (χ1) is 10.4. The Balaban J connectivity index is 2.49. The lowest BCUT2D eigenvalue weighted by atomic mass is 9.83. The number of rotatable bonds is 4. The molecule has 1 aromatic carbocycles. The van der Waals surface area contributed by atoms with E-state index in [1.54, 1.807) is 0 Å². The molecule has 3 N–H and O–H groups in total. The predicted octanol–water partition coefficient (Wildman–Crippen LogP) is 2.90. The highest BCUT2D eigenvalue weighted by Gasteiger charge is 2.30. The van der Waals surface area contributed by atoms with Gasteiger partial charge in [-0.15, -0.1) is 0 Å². The summed E-state index contributed by atoms with van der Waals surface area (Å²) in [6.45, 7) is 1.24. The van der Waals surface area contributed by atoms with E-state index in [0.29, 0.717) is 0 Å². The quantitative estimate of drug-likeness (QED) is 0.384. The summed E-state index contributed by atoms with van der Waals surface area (Å²) in [5, 5.41) is 13.6. The van der Waals surface area contributed by atoms with Crippen LogP contribution in [0.15, 0.2) is 12.1 Å². The monoisotopic (exact) mass is 305 g/mol. The molecule has 0 radical (unpaired) electrons. The largest absolute Gasteiger partial charge is 0.393 e. The van der Waals surface area contributed by atoms with Crippen LogP contribution in [0.3, 0.4) is 0 Å². The van der Waals surface area contributed by atoms with Crippen molar-refractivity contribution in [2.75, 3.05) is 11.1 Å². The van der Waals surface area contributed by atoms with Crippen molar-refractivity contribution < 1.29 is 14.5 Å². The van der Waals surface area contributed by atoms with E-state index in [4.69, 9.17) is 5.73 Å². The van der Waals surface area contributed by atoms with Crippen molar-refractivity contribution in [1.82, 2.24) is 0 Å². The highest BCUT2D eigenvalue weighted by molar-refractivity contribution is 6.09. The van der Waals surface area contributed by atoms with E-state index in [0.717, 1.165) is 32.1 Å². The van der Waals surface area contributed by atoms with E-state index in [9.17, 15) is 19.7 Å². The zero-order chi connectivity index (χ0) is 16.3. The maximum Gasteiger partial charge on any atom is 0.316 e. The minimum absolute atomic E-state index is 0.0751. The normalized spacial score (nSPS) is 15.3. The number of nitrogens with zero attached hydrogens (tertiary/aromatic N) is 1. The van der Waals surface area contributed by atoms with E-state index in [1.807, 2.05) is 0 Å². The molecule has 0 unspecified atom stereocenters. The second kappa shape index (κ2) is 6.55. The van der Waals surface area contributed by atoms with Gasteiger partial charge in [0.05, 0.1) is 4.92 Å². The number of nitro groups is 1. The van der Waals surface area contributed by atoms with Crippen LogP contribution in [0.4, 0.5) is 17.1 Å². The molecule has 1 fully saturated rings. The Labute approximate surface area is 128 Å². The van der Waals surface area contributed by atoms with Crippen LogP contribution in [0, 0.1) is 16.0 Å². The molecular weight excluding hydrogens is 286 g/mol. The van der Waals surface area contributed by atoms with Crippen molar-refractivity contribution in [2.24, 2.45) is 5.92 Å². The smallest absolute Gasteiger partial charge is 0.316 e. The van der Waals surface area contributed by atoms with Gasteiger partial charge in [-0.1, -0.05) is 19.3 Å². The van der Waals surface area contributed by atoms with Gasteiger partial charge in [0.15, 0.2) is 5.78 Å². The SMILES string of the molecule is CC(=O)Nc1c(C(=O)C2CCCCC2)ccc(N)c1[N+](=O)[O-]. The highest BCUT2D eigenvalue weighted by Crippen LogP contribution is 2.37. The fourth-order valence-corrected chi connectivity index (χ4v) is 2.90. The van der Waals surface area contributed by atoms with Gasteiger partial charge in [-0.25, -0.2) is 0 Å². The van der Waals surface area contributed by atoms with Crippen LogP contribution < -0.4 is 11.1 Å². The van der Waals surface area contributed by atoms with E-state index in [1.165, 1.54) is 19.1 Å². The third-order valence-electron chi connectivity index (χ3n) is 3.93. The number of carbonyl (C=O) groups excluding carboxylic acids is 2. The topological polar surface area (TPSA) is 115 Å². The summed E-state index contributed by atoms with van der Waals surface area (Å²) in [4.78, 5) is 34.6. The summed E-state index contributed by atoms with van der Waals surface area (Å²) in [5.74, 6) is -0.789. The van der Waals surface area contributed by atoms with Gasteiger partial charge in [0.25, 0.3) is 0 Å². The molecule has 1 aliphatic carbocycles. The number of anilines is 2. The lowest BCUT2D eigenvalue weighted by Gasteiger charge is -2.21. The minimum Gasteiger partial charge on any atom is -0.393 e. The maximum atomic E-state index is 12.7. The van der Waals surface area contributed by atoms with E-state index in [-0.39, 0.29) is 28.6 Å². The first kappa shape index (κ1) is 15.9. The standard InChI is InChI=1S/C15H19N3O4/c1-9(19)17-13-11(7-8-12(16)14(13)18(21)22)15(20)10-5-3-2-4-6-10/h7-8,10H,2-6,16H2,1H3,(H,17,19). The number of benzene rings is 1. The molecule has 2 rings (SSSR count). The van der Waals surface area contributed by atoms with Crippen LogP contribution in [0.5, 0.6) is 0 Å². The Bertz CT molecular complexity index is 621. The highest BCUT2D eigenvalue weighted by atomic mass is 16.6. The average Bonchev–Trinajstić information content (AvgIpc) is 2.47. The Hall–Kier alpha value is -2.44. The van der Waals surface area contributed by atoms with Gasteiger partial charge >= 0.3 is 5.69 Å². The van der Waals surface area contributed by atoms with Crippen LogP contribution in [-0.4, -0.2) is 16.6 Å². The van der Waals surface area contributed by atoms with Gasteiger partial charge in [0, 0.05) is 18.4 Å². The van der Waals surface area contributed by atoms with Gasteiger partial charge < -0.3 is 11.1 Å². The average molecular weight is 305 g/mol. The molecule has 22 heavy (non-hydrogen) atoms. The van der Waals surface area contributed by atoms with E-state index in [2.05, 4.69) is 5.32 Å². The zero-order valence-corrected chi connectivity index (χ0v) is 12.4. The Kier molecular flexibility index (Phi) is 4.75. The van der Waals surface area contributed by atoms with Crippen LogP contribution in [0.1, 0.15) is 49.4 Å². The maximum absolute atomic E-state index is 12.7. The molecule has 1 saturated carbocycles. The number of nitrogen functional groups attached to an aromatic ring is 1. The third kappa shape index (κ3) is 3.24. The lowest BCUT2D eigenvalue weighted by molar-refractivity contribution is -0.383. The fraction of sp³-hybridized carbons (Fsp3) is 0.467. The van der Waals surface area contributed by atoms with Crippen molar-refractivity contribution in [2.45, 2.75) is 39.0 Å². The molecule has 0 spiro atoms. The number of hydrogen-bond acceptors (Lipinski definition) is 5. The van der Waals surface area contributed by atoms with Gasteiger partial charge in [0.1, 0.15) is 11.4 Å². The van der Waals surface area contributed by atoms with Crippen LogP contribution in [-0.2, 0) is 4.79 Å². The van der Waals surface area contributed by atoms with Crippen molar-refractivity contribution in [1.29, 1.82) is 0 Å². The van der Waals surface area contributed by atoms with Crippen molar-refractivity contribution in [3.8, 4) is 0 Å². The summed E-state index contributed by atoms with van der Waals surface area (Å²) >= 11 is 0. The number of amides is 1. The molecule has 7 heteroatoms. The molecule has 0 bridgehead atoms. The Morgan fingerprint density at radius 1 is 1.27 bits per heavy atom. The molecule has 1 aliphatic rings. The van der Waals surface area contributed by atoms with Gasteiger partial charge in [-0.2, -0.15) is 0 Å². The van der Waals surface area contributed by atoms with Crippen LogP contribution >= 0.6 is 0 Å². The van der Waals surface area contributed by atoms with E-state index >= 15 is 0 Å². The summed E-state index contributed by atoms with van der Waals surface area (Å²) in [6.07, 6.45) is 4.60. The zero-order valence-electron chi connectivity index (χ0n) is 12.4. The van der Waals surface area contributed by atoms with E-state index < -0.39 is 16.5 Å². The number of nitrogens with two attached hydrogens (primary N) is 1. The summed E-state index contributed by atoms with van der Waals surface area (Å²) < 4.78 is 0. The molecule has 1 aromatic rings. The molecule has 7 nitrogen and oxygen atoms in total. The van der Waals surface area contributed by atoms with Crippen molar-refractivity contribution in [3.05, 3.63) is 27.8 Å².